The van der Waals surface area contributed by atoms with Crippen molar-refractivity contribution in [3.63, 3.8) is 0 Å². The van der Waals surface area contributed by atoms with E-state index in [-0.39, 0.29) is 10.6 Å². The van der Waals surface area contributed by atoms with Crippen LogP contribution in [0, 0.1) is 0 Å². The maximum atomic E-state index is 11.9. The summed E-state index contributed by atoms with van der Waals surface area (Å²) < 4.78 is 5.15. The highest BCUT2D eigenvalue weighted by Crippen LogP contribution is 2.26. The minimum Gasteiger partial charge on any atom is -0.423 e. The van der Waals surface area contributed by atoms with Crippen molar-refractivity contribution < 1.29 is 9.53 Å². The molecule has 0 heterocycles. The molecule has 0 unspecified atom stereocenters. The third-order valence-electron chi connectivity index (χ3n) is 2.20. The molecule has 0 aromatic heterocycles. The lowest BCUT2D eigenvalue weighted by molar-refractivity contribution is 0.0735. The van der Waals surface area contributed by atoms with Crippen LogP contribution in [0.3, 0.4) is 0 Å². The number of ether oxygens (including phenoxy) is 1. The number of esters is 1. The highest BCUT2D eigenvalue weighted by molar-refractivity contribution is 6.43. The first-order valence-electron chi connectivity index (χ1n) is 4.99. The van der Waals surface area contributed by atoms with Crippen LogP contribution in [0.2, 0.25) is 15.1 Å². The Balaban J connectivity index is 2.22. The lowest BCUT2D eigenvalue weighted by Crippen LogP contribution is -2.09. The molecule has 18 heavy (non-hydrogen) atoms. The molecule has 2 rings (SSSR count). The number of rotatable bonds is 2. The fourth-order valence-corrected chi connectivity index (χ4v) is 1.83. The number of carbonyl (C=O) groups is 1. The maximum absolute atomic E-state index is 11.9. The number of benzene rings is 2. The molecule has 0 amide bonds. The molecule has 0 atom stereocenters. The van der Waals surface area contributed by atoms with Gasteiger partial charge in [0.15, 0.2) is 0 Å². The van der Waals surface area contributed by atoms with Gasteiger partial charge in [-0.15, -0.1) is 0 Å². The third kappa shape index (κ3) is 2.96. The lowest BCUT2D eigenvalue weighted by Gasteiger charge is -2.06. The fourth-order valence-electron chi connectivity index (χ4n) is 1.33. The van der Waals surface area contributed by atoms with Crippen LogP contribution in [0.5, 0.6) is 5.75 Å². The van der Waals surface area contributed by atoms with Crippen LogP contribution in [0.1, 0.15) is 10.4 Å². The van der Waals surface area contributed by atoms with Gasteiger partial charge in [0.05, 0.1) is 15.6 Å². The first-order valence-corrected chi connectivity index (χ1v) is 6.13. The smallest absolute Gasteiger partial charge is 0.345 e. The van der Waals surface area contributed by atoms with Crippen LogP contribution in [-0.2, 0) is 0 Å². The summed E-state index contributed by atoms with van der Waals surface area (Å²) in [6, 6.07) is 11.2. The van der Waals surface area contributed by atoms with E-state index in [0.29, 0.717) is 15.8 Å². The molecular weight excluding hydrogens is 294 g/mol. The molecule has 0 fully saturated rings. The minimum atomic E-state index is -0.565. The average molecular weight is 302 g/mol. The standard InChI is InChI=1S/C13H7Cl3O2/c14-8-4-6-9(7-5-8)18-13(17)10-2-1-3-11(15)12(10)16/h1-7H. The van der Waals surface area contributed by atoms with Crippen molar-refractivity contribution in [2.45, 2.75) is 0 Å². The Morgan fingerprint density at radius 1 is 0.944 bits per heavy atom. The van der Waals surface area contributed by atoms with Crippen LogP contribution >= 0.6 is 34.8 Å². The highest BCUT2D eigenvalue weighted by atomic mass is 35.5. The zero-order chi connectivity index (χ0) is 13.1. The van der Waals surface area contributed by atoms with Crippen LogP contribution in [0.25, 0.3) is 0 Å². The molecule has 0 aliphatic rings. The van der Waals surface area contributed by atoms with E-state index in [9.17, 15) is 4.79 Å². The highest BCUT2D eigenvalue weighted by Gasteiger charge is 2.14. The molecule has 0 saturated carbocycles. The van der Waals surface area contributed by atoms with Crippen molar-refractivity contribution in [3.8, 4) is 5.75 Å². The van der Waals surface area contributed by atoms with E-state index in [1.54, 1.807) is 42.5 Å². The lowest BCUT2D eigenvalue weighted by atomic mass is 10.2. The topological polar surface area (TPSA) is 26.3 Å². The van der Waals surface area contributed by atoms with Crippen molar-refractivity contribution >= 4 is 40.8 Å². The third-order valence-corrected chi connectivity index (χ3v) is 3.27. The molecule has 92 valence electrons. The zero-order valence-corrected chi connectivity index (χ0v) is 11.3. The minimum absolute atomic E-state index is 0.179. The second kappa shape index (κ2) is 5.61. The molecule has 0 spiro atoms. The fraction of sp³-hybridized carbons (Fsp3) is 0. The van der Waals surface area contributed by atoms with E-state index >= 15 is 0 Å². The van der Waals surface area contributed by atoms with Gasteiger partial charge < -0.3 is 4.74 Å². The molecular formula is C13H7Cl3O2. The van der Waals surface area contributed by atoms with Crippen molar-refractivity contribution in [3.05, 3.63) is 63.1 Å². The Bertz CT molecular complexity index is 579. The van der Waals surface area contributed by atoms with E-state index < -0.39 is 5.97 Å². The summed E-state index contributed by atoms with van der Waals surface area (Å²) in [5.41, 5.74) is 0.221. The summed E-state index contributed by atoms with van der Waals surface area (Å²) in [5, 5.41) is 1.05. The van der Waals surface area contributed by atoms with Gasteiger partial charge in [0.1, 0.15) is 5.75 Å². The van der Waals surface area contributed by atoms with Crippen molar-refractivity contribution in [1.82, 2.24) is 0 Å². The van der Waals surface area contributed by atoms with Crippen LogP contribution < -0.4 is 4.74 Å². The van der Waals surface area contributed by atoms with Gasteiger partial charge in [-0.3, -0.25) is 0 Å². The van der Waals surface area contributed by atoms with Gasteiger partial charge in [0.2, 0.25) is 0 Å². The summed E-state index contributed by atoms with van der Waals surface area (Å²) >= 11 is 17.5. The first-order chi connectivity index (χ1) is 8.58. The predicted octanol–water partition coefficient (Wildman–Crippen LogP) is 4.87. The van der Waals surface area contributed by atoms with E-state index in [0.717, 1.165) is 0 Å². The van der Waals surface area contributed by atoms with Crippen LogP contribution in [0.15, 0.2) is 42.5 Å². The number of halogens is 3. The van der Waals surface area contributed by atoms with Crippen molar-refractivity contribution in [2.24, 2.45) is 0 Å². The average Bonchev–Trinajstić information content (AvgIpc) is 2.35. The van der Waals surface area contributed by atoms with Gasteiger partial charge in [0, 0.05) is 5.02 Å². The normalized spacial score (nSPS) is 10.2. The molecule has 5 heteroatoms. The van der Waals surface area contributed by atoms with Gasteiger partial charge in [-0.1, -0.05) is 40.9 Å². The van der Waals surface area contributed by atoms with Gasteiger partial charge in [-0.2, -0.15) is 0 Å². The summed E-state index contributed by atoms with van der Waals surface area (Å²) in [4.78, 5) is 11.9. The van der Waals surface area contributed by atoms with Crippen LogP contribution in [0.4, 0.5) is 0 Å². The van der Waals surface area contributed by atoms with E-state index in [4.69, 9.17) is 39.5 Å². The number of hydrogen-bond acceptors (Lipinski definition) is 2. The molecule has 0 N–H and O–H groups in total. The van der Waals surface area contributed by atoms with Gasteiger partial charge in [-0.25, -0.2) is 4.79 Å². The molecule has 2 aromatic carbocycles. The van der Waals surface area contributed by atoms with E-state index in [1.807, 2.05) is 0 Å². The number of carbonyl (C=O) groups excluding carboxylic acids is 1. The zero-order valence-electron chi connectivity index (χ0n) is 8.99. The largest absolute Gasteiger partial charge is 0.423 e. The summed E-state index contributed by atoms with van der Waals surface area (Å²) in [5.74, 6) is -0.176. The second-order valence-corrected chi connectivity index (χ2v) is 4.67. The summed E-state index contributed by atoms with van der Waals surface area (Å²) in [6.45, 7) is 0. The molecule has 0 radical (unpaired) electrons. The molecule has 0 aliphatic heterocycles. The van der Waals surface area contributed by atoms with Crippen LogP contribution in [-0.4, -0.2) is 5.97 Å². The molecule has 0 aliphatic carbocycles. The molecule has 0 bridgehead atoms. The Morgan fingerprint density at radius 2 is 1.61 bits per heavy atom. The van der Waals surface area contributed by atoms with Gasteiger partial charge in [-0.05, 0) is 36.4 Å². The quantitative estimate of drug-likeness (QED) is 0.584. The Hall–Kier alpha value is -1.22. The number of hydrogen-bond donors (Lipinski definition) is 0. The summed E-state index contributed by atoms with van der Waals surface area (Å²) in [7, 11) is 0. The Kier molecular flexibility index (Phi) is 4.12. The van der Waals surface area contributed by atoms with Crippen molar-refractivity contribution in [1.29, 1.82) is 0 Å². The Morgan fingerprint density at radius 3 is 2.28 bits per heavy atom. The molecule has 0 saturated heterocycles. The van der Waals surface area contributed by atoms with Gasteiger partial charge in [0.25, 0.3) is 0 Å². The monoisotopic (exact) mass is 300 g/mol. The van der Waals surface area contributed by atoms with Crippen molar-refractivity contribution in [2.75, 3.05) is 0 Å². The maximum Gasteiger partial charge on any atom is 0.345 e. The van der Waals surface area contributed by atoms with E-state index in [2.05, 4.69) is 0 Å². The van der Waals surface area contributed by atoms with Gasteiger partial charge >= 0.3 is 5.97 Å². The molecule has 2 aromatic rings. The predicted molar refractivity (Wildman–Crippen MR) is 72.9 cm³/mol. The summed E-state index contributed by atoms with van der Waals surface area (Å²) in [6.07, 6.45) is 0. The van der Waals surface area contributed by atoms with E-state index in [1.165, 1.54) is 0 Å². The first kappa shape index (κ1) is 13.2. The second-order valence-electron chi connectivity index (χ2n) is 3.44. The molecule has 2 nitrogen and oxygen atoms in total. The Labute approximate surface area is 119 Å². The SMILES string of the molecule is O=C(Oc1ccc(Cl)cc1)c1cccc(Cl)c1Cl.